The molecule has 0 aromatic heterocycles. The van der Waals surface area contributed by atoms with Gasteiger partial charge in [-0.05, 0) is 36.4 Å². The van der Waals surface area contributed by atoms with E-state index in [1.54, 1.807) is 30.3 Å². The first-order valence-corrected chi connectivity index (χ1v) is 6.58. The van der Waals surface area contributed by atoms with Crippen molar-refractivity contribution in [3.63, 3.8) is 0 Å². The van der Waals surface area contributed by atoms with Gasteiger partial charge in [0.15, 0.2) is 5.78 Å². The molecule has 2 N–H and O–H groups in total. The van der Waals surface area contributed by atoms with E-state index in [9.17, 15) is 4.79 Å². The Morgan fingerprint density at radius 3 is 2.44 bits per heavy atom. The Labute approximate surface area is 123 Å². The van der Waals surface area contributed by atoms with Crippen LogP contribution in [-0.4, -0.2) is 5.78 Å². The smallest absolute Gasteiger partial charge is 0.194 e. The fourth-order valence-corrected chi connectivity index (χ4v) is 2.58. The second-order valence-electron chi connectivity index (χ2n) is 3.73. The predicted octanol–water partition coefficient (Wildman–Crippen LogP) is 4.57. The first kappa shape index (κ1) is 13.4. The standard InChI is InChI=1S/C13H8BrCl2NO/c14-8-3-7(4-10(17)5-8)13(18)11-2-1-9(15)6-12(11)16/h1-6H,17H2. The molecule has 2 nitrogen and oxygen atoms in total. The summed E-state index contributed by atoms with van der Waals surface area (Å²) in [6.45, 7) is 0. The van der Waals surface area contributed by atoms with Crippen LogP contribution in [0.2, 0.25) is 10.0 Å². The number of nitrogens with two attached hydrogens (primary N) is 1. The maximum absolute atomic E-state index is 12.3. The van der Waals surface area contributed by atoms with Crippen molar-refractivity contribution in [2.75, 3.05) is 5.73 Å². The van der Waals surface area contributed by atoms with E-state index in [1.807, 2.05) is 0 Å². The van der Waals surface area contributed by atoms with Gasteiger partial charge in [0.1, 0.15) is 0 Å². The lowest BCUT2D eigenvalue weighted by molar-refractivity contribution is 0.103. The van der Waals surface area contributed by atoms with Crippen molar-refractivity contribution in [2.24, 2.45) is 0 Å². The van der Waals surface area contributed by atoms with E-state index in [0.29, 0.717) is 26.9 Å². The van der Waals surface area contributed by atoms with Crippen molar-refractivity contribution in [3.05, 3.63) is 62.0 Å². The molecule has 0 atom stereocenters. The van der Waals surface area contributed by atoms with Gasteiger partial charge >= 0.3 is 0 Å². The molecule has 5 heteroatoms. The number of hydrogen-bond acceptors (Lipinski definition) is 2. The third kappa shape index (κ3) is 2.86. The number of hydrogen-bond donors (Lipinski definition) is 1. The number of benzene rings is 2. The largest absolute Gasteiger partial charge is 0.399 e. The number of halogens is 3. The molecule has 0 saturated carbocycles. The lowest BCUT2D eigenvalue weighted by Gasteiger charge is -2.06. The molecule has 0 saturated heterocycles. The van der Waals surface area contributed by atoms with Gasteiger partial charge in [0.2, 0.25) is 0 Å². The Balaban J connectivity index is 2.47. The minimum absolute atomic E-state index is 0.190. The van der Waals surface area contributed by atoms with Gasteiger partial charge in [-0.15, -0.1) is 0 Å². The summed E-state index contributed by atoms with van der Waals surface area (Å²) in [5.74, 6) is -0.190. The van der Waals surface area contributed by atoms with Gasteiger partial charge in [-0.3, -0.25) is 4.79 Å². The van der Waals surface area contributed by atoms with Gasteiger partial charge in [-0.25, -0.2) is 0 Å². The highest BCUT2D eigenvalue weighted by Gasteiger charge is 2.14. The Bertz CT molecular complexity index is 608. The average Bonchev–Trinajstić information content (AvgIpc) is 2.26. The summed E-state index contributed by atoms with van der Waals surface area (Å²) in [5.41, 5.74) is 7.09. The lowest BCUT2D eigenvalue weighted by atomic mass is 10.0. The van der Waals surface area contributed by atoms with Crippen LogP contribution >= 0.6 is 39.1 Å². The number of nitrogen functional groups attached to an aromatic ring is 1. The molecule has 2 rings (SSSR count). The summed E-state index contributed by atoms with van der Waals surface area (Å²) in [5, 5.41) is 0.816. The van der Waals surface area contributed by atoms with Gasteiger partial charge < -0.3 is 5.73 Å². The average molecular weight is 345 g/mol. The van der Waals surface area contributed by atoms with E-state index >= 15 is 0 Å². The highest BCUT2D eigenvalue weighted by Crippen LogP contribution is 2.25. The zero-order chi connectivity index (χ0) is 13.3. The van der Waals surface area contributed by atoms with Crippen LogP contribution in [0.1, 0.15) is 15.9 Å². The van der Waals surface area contributed by atoms with Crippen LogP contribution in [0.25, 0.3) is 0 Å². The molecule has 0 unspecified atom stereocenters. The second kappa shape index (κ2) is 5.31. The van der Waals surface area contributed by atoms with Crippen molar-refractivity contribution in [1.82, 2.24) is 0 Å². The van der Waals surface area contributed by atoms with Crippen LogP contribution < -0.4 is 5.73 Å². The molecule has 2 aromatic carbocycles. The Hall–Kier alpha value is -1.03. The number of carbonyl (C=O) groups is 1. The minimum atomic E-state index is -0.190. The molecule has 0 bridgehead atoms. The quantitative estimate of drug-likeness (QED) is 0.640. The molecule has 2 aromatic rings. The normalized spacial score (nSPS) is 10.4. The highest BCUT2D eigenvalue weighted by atomic mass is 79.9. The monoisotopic (exact) mass is 343 g/mol. The molecule has 0 fully saturated rings. The van der Waals surface area contributed by atoms with Crippen molar-refractivity contribution in [2.45, 2.75) is 0 Å². The number of rotatable bonds is 2. The van der Waals surface area contributed by atoms with E-state index in [-0.39, 0.29) is 5.78 Å². The van der Waals surface area contributed by atoms with Crippen LogP contribution in [0.15, 0.2) is 40.9 Å². The molecule has 0 radical (unpaired) electrons. The van der Waals surface area contributed by atoms with E-state index in [0.717, 1.165) is 4.47 Å². The van der Waals surface area contributed by atoms with Crippen molar-refractivity contribution in [3.8, 4) is 0 Å². The third-order valence-electron chi connectivity index (χ3n) is 2.36. The second-order valence-corrected chi connectivity index (χ2v) is 5.49. The lowest BCUT2D eigenvalue weighted by Crippen LogP contribution is -2.03. The summed E-state index contributed by atoms with van der Waals surface area (Å²) in [6.07, 6.45) is 0. The fourth-order valence-electron chi connectivity index (χ4n) is 1.57. The van der Waals surface area contributed by atoms with Crippen LogP contribution in [0.4, 0.5) is 5.69 Å². The van der Waals surface area contributed by atoms with E-state index in [1.165, 1.54) is 6.07 Å². The number of carbonyl (C=O) groups excluding carboxylic acids is 1. The maximum Gasteiger partial charge on any atom is 0.194 e. The minimum Gasteiger partial charge on any atom is -0.399 e. The zero-order valence-corrected chi connectivity index (χ0v) is 12.2. The summed E-state index contributed by atoms with van der Waals surface area (Å²) in [6, 6.07) is 9.80. The van der Waals surface area contributed by atoms with Crippen molar-refractivity contribution in [1.29, 1.82) is 0 Å². The van der Waals surface area contributed by atoms with E-state index in [4.69, 9.17) is 28.9 Å². The van der Waals surface area contributed by atoms with E-state index in [2.05, 4.69) is 15.9 Å². The third-order valence-corrected chi connectivity index (χ3v) is 3.36. The zero-order valence-electron chi connectivity index (χ0n) is 9.08. The predicted molar refractivity (Wildman–Crippen MR) is 78.4 cm³/mol. The molecule has 0 aliphatic heterocycles. The van der Waals surface area contributed by atoms with Gasteiger partial charge in [0.05, 0.1) is 5.02 Å². The molecule has 92 valence electrons. The van der Waals surface area contributed by atoms with Crippen molar-refractivity contribution >= 4 is 50.6 Å². The topological polar surface area (TPSA) is 43.1 Å². The molecule has 0 aliphatic carbocycles. The fraction of sp³-hybridized carbons (Fsp3) is 0. The first-order valence-electron chi connectivity index (χ1n) is 5.03. The summed E-state index contributed by atoms with van der Waals surface area (Å²) in [4.78, 5) is 12.3. The Morgan fingerprint density at radius 2 is 1.83 bits per heavy atom. The summed E-state index contributed by atoms with van der Waals surface area (Å²) < 4.78 is 0.746. The van der Waals surface area contributed by atoms with Crippen LogP contribution in [0.5, 0.6) is 0 Å². The number of anilines is 1. The van der Waals surface area contributed by atoms with Crippen LogP contribution in [0, 0.1) is 0 Å². The Morgan fingerprint density at radius 1 is 1.11 bits per heavy atom. The first-order chi connectivity index (χ1) is 8.47. The SMILES string of the molecule is Nc1cc(Br)cc(C(=O)c2ccc(Cl)cc2Cl)c1. The molecular formula is C13H8BrCl2NO. The Kier molecular flexibility index (Phi) is 3.95. The maximum atomic E-state index is 12.3. The molecule has 0 aliphatic rings. The van der Waals surface area contributed by atoms with Gasteiger partial charge in [-0.2, -0.15) is 0 Å². The molecule has 18 heavy (non-hydrogen) atoms. The van der Waals surface area contributed by atoms with E-state index < -0.39 is 0 Å². The molecule has 0 heterocycles. The van der Waals surface area contributed by atoms with Gasteiger partial charge in [-0.1, -0.05) is 39.1 Å². The van der Waals surface area contributed by atoms with Crippen molar-refractivity contribution < 1.29 is 4.79 Å². The van der Waals surface area contributed by atoms with Gasteiger partial charge in [0, 0.05) is 26.3 Å². The summed E-state index contributed by atoms with van der Waals surface area (Å²) in [7, 11) is 0. The molecule has 0 amide bonds. The molecule has 0 spiro atoms. The number of ketones is 1. The molecular weight excluding hydrogens is 337 g/mol. The summed E-state index contributed by atoms with van der Waals surface area (Å²) >= 11 is 15.1. The van der Waals surface area contributed by atoms with Gasteiger partial charge in [0.25, 0.3) is 0 Å². The van der Waals surface area contributed by atoms with Crippen LogP contribution in [0.3, 0.4) is 0 Å². The highest BCUT2D eigenvalue weighted by molar-refractivity contribution is 9.10. The van der Waals surface area contributed by atoms with Crippen LogP contribution in [-0.2, 0) is 0 Å².